The highest BCUT2D eigenvalue weighted by Crippen LogP contribution is 2.28. The van der Waals surface area contributed by atoms with Gasteiger partial charge in [-0.25, -0.2) is 9.78 Å². The van der Waals surface area contributed by atoms with Crippen molar-refractivity contribution in [3.05, 3.63) is 76.8 Å². The van der Waals surface area contributed by atoms with Crippen molar-refractivity contribution >= 4 is 23.2 Å². The molecule has 6 heteroatoms. The van der Waals surface area contributed by atoms with Crippen molar-refractivity contribution in [3.8, 4) is 10.6 Å². The summed E-state index contributed by atoms with van der Waals surface area (Å²) >= 11 is 1.27. The maximum absolute atomic E-state index is 12.5. The van der Waals surface area contributed by atoms with Crippen LogP contribution in [-0.2, 0) is 16.1 Å². The Morgan fingerprint density at radius 3 is 2.37 bits per heavy atom. The normalized spacial score (nSPS) is 11.6. The molecule has 1 aromatic heterocycles. The second-order valence-corrected chi connectivity index (χ2v) is 7.05. The van der Waals surface area contributed by atoms with Gasteiger partial charge in [0.2, 0.25) is 0 Å². The van der Waals surface area contributed by atoms with Gasteiger partial charge in [-0.3, -0.25) is 4.79 Å². The topological polar surface area (TPSA) is 68.3 Å². The van der Waals surface area contributed by atoms with Crippen molar-refractivity contribution in [2.24, 2.45) is 0 Å². The van der Waals surface area contributed by atoms with E-state index in [2.05, 4.69) is 10.3 Å². The average molecular weight is 380 g/mol. The molecule has 1 heterocycles. The van der Waals surface area contributed by atoms with Gasteiger partial charge in [-0.2, -0.15) is 0 Å². The zero-order valence-electron chi connectivity index (χ0n) is 15.1. The van der Waals surface area contributed by atoms with Crippen molar-refractivity contribution in [1.82, 2.24) is 10.3 Å². The molecule has 0 saturated carbocycles. The molecule has 3 aromatic rings. The highest BCUT2D eigenvalue weighted by atomic mass is 32.1. The molecule has 0 aliphatic rings. The van der Waals surface area contributed by atoms with E-state index in [0.717, 1.165) is 16.1 Å². The number of hydrogen-bond donors (Lipinski definition) is 1. The van der Waals surface area contributed by atoms with Gasteiger partial charge >= 0.3 is 5.97 Å². The molecule has 3 rings (SSSR count). The summed E-state index contributed by atoms with van der Waals surface area (Å²) in [6.45, 7) is 3.71. The first-order valence-electron chi connectivity index (χ1n) is 8.60. The smallest absolute Gasteiger partial charge is 0.351 e. The molecule has 0 bridgehead atoms. The largest absolute Gasteiger partial charge is 0.448 e. The predicted molar refractivity (Wildman–Crippen MR) is 105 cm³/mol. The Labute approximate surface area is 162 Å². The minimum atomic E-state index is -0.886. The Morgan fingerprint density at radius 1 is 1.07 bits per heavy atom. The lowest BCUT2D eigenvalue weighted by Crippen LogP contribution is -2.35. The number of ether oxygens (including phenoxy) is 1. The lowest BCUT2D eigenvalue weighted by molar-refractivity contribution is -0.129. The number of aryl methyl sites for hydroxylation is 1. The first kappa shape index (κ1) is 18.8. The van der Waals surface area contributed by atoms with Gasteiger partial charge in [0.25, 0.3) is 5.91 Å². The highest BCUT2D eigenvalue weighted by molar-refractivity contribution is 7.17. The summed E-state index contributed by atoms with van der Waals surface area (Å²) in [5, 5.41) is 3.52. The first-order chi connectivity index (χ1) is 13.0. The number of nitrogens with one attached hydrogen (secondary N) is 1. The van der Waals surface area contributed by atoms with Crippen LogP contribution >= 0.6 is 11.3 Å². The summed E-state index contributed by atoms with van der Waals surface area (Å²) in [4.78, 5) is 29.5. The van der Waals surface area contributed by atoms with Gasteiger partial charge < -0.3 is 10.1 Å². The molecule has 5 nitrogen and oxygen atoms in total. The summed E-state index contributed by atoms with van der Waals surface area (Å²) in [6, 6.07) is 19.2. The minimum Gasteiger partial charge on any atom is -0.448 e. The Bertz CT molecular complexity index is 923. The van der Waals surface area contributed by atoms with Crippen LogP contribution < -0.4 is 5.32 Å². The van der Waals surface area contributed by atoms with Crippen molar-refractivity contribution in [2.75, 3.05) is 0 Å². The van der Waals surface area contributed by atoms with E-state index in [9.17, 15) is 9.59 Å². The third-order valence-electron chi connectivity index (χ3n) is 3.97. The Balaban J connectivity index is 1.61. The summed E-state index contributed by atoms with van der Waals surface area (Å²) < 4.78 is 5.34. The van der Waals surface area contributed by atoms with E-state index in [0.29, 0.717) is 17.1 Å². The number of esters is 1. The maximum Gasteiger partial charge on any atom is 0.351 e. The molecular formula is C21H20N2O3S. The lowest BCUT2D eigenvalue weighted by Gasteiger charge is -2.13. The van der Waals surface area contributed by atoms with Gasteiger partial charge in [-0.05, 0) is 19.4 Å². The fourth-order valence-corrected chi connectivity index (χ4v) is 3.44. The minimum absolute atomic E-state index is 0.336. The third-order valence-corrected chi connectivity index (χ3v) is 5.15. The number of nitrogens with zero attached hydrogens (tertiary/aromatic N) is 1. The lowest BCUT2D eigenvalue weighted by atomic mass is 10.2. The van der Waals surface area contributed by atoms with Gasteiger partial charge in [0.1, 0.15) is 9.88 Å². The molecule has 0 aliphatic heterocycles. The molecule has 0 aliphatic carbocycles. The SMILES string of the molecule is Cc1nc(-c2ccccc2)sc1C(=O)OC(C)C(=O)NCc1ccccc1. The van der Waals surface area contributed by atoms with Crippen LogP contribution in [0.3, 0.4) is 0 Å². The van der Waals surface area contributed by atoms with E-state index in [1.54, 1.807) is 13.8 Å². The van der Waals surface area contributed by atoms with Gasteiger partial charge in [0.15, 0.2) is 6.10 Å². The monoisotopic (exact) mass is 380 g/mol. The van der Waals surface area contributed by atoms with Crippen LogP contribution in [0.15, 0.2) is 60.7 Å². The number of carbonyl (C=O) groups excluding carboxylic acids is 2. The fourth-order valence-electron chi connectivity index (χ4n) is 2.49. The van der Waals surface area contributed by atoms with Gasteiger partial charge in [-0.15, -0.1) is 11.3 Å². The zero-order valence-corrected chi connectivity index (χ0v) is 16.0. The average Bonchev–Trinajstić information content (AvgIpc) is 3.09. The molecule has 1 N–H and O–H groups in total. The summed E-state index contributed by atoms with van der Waals surface area (Å²) in [5.41, 5.74) is 2.52. The maximum atomic E-state index is 12.5. The number of hydrogen-bond acceptors (Lipinski definition) is 5. The van der Waals surface area contributed by atoms with Crippen molar-refractivity contribution in [3.63, 3.8) is 0 Å². The quantitative estimate of drug-likeness (QED) is 0.657. The van der Waals surface area contributed by atoms with Gasteiger partial charge in [0, 0.05) is 12.1 Å². The predicted octanol–water partition coefficient (Wildman–Crippen LogP) is 3.98. The van der Waals surface area contributed by atoms with E-state index in [4.69, 9.17) is 4.74 Å². The molecule has 27 heavy (non-hydrogen) atoms. The van der Waals surface area contributed by atoms with E-state index >= 15 is 0 Å². The van der Waals surface area contributed by atoms with Crippen LogP contribution in [-0.4, -0.2) is 23.0 Å². The molecule has 0 saturated heterocycles. The molecule has 1 unspecified atom stereocenters. The number of benzene rings is 2. The standard InChI is InChI=1S/C21H20N2O3S/c1-14-18(27-20(23-14)17-11-7-4-8-12-17)21(25)26-15(2)19(24)22-13-16-9-5-3-6-10-16/h3-12,15H,13H2,1-2H3,(H,22,24). The van der Waals surface area contributed by atoms with E-state index in [1.807, 2.05) is 60.7 Å². The summed E-state index contributed by atoms with van der Waals surface area (Å²) in [7, 11) is 0. The van der Waals surface area contributed by atoms with Crippen molar-refractivity contribution < 1.29 is 14.3 Å². The van der Waals surface area contributed by atoms with Crippen LogP contribution in [0.5, 0.6) is 0 Å². The molecular weight excluding hydrogens is 360 g/mol. The first-order valence-corrected chi connectivity index (χ1v) is 9.41. The highest BCUT2D eigenvalue weighted by Gasteiger charge is 2.23. The second-order valence-electron chi connectivity index (χ2n) is 6.05. The number of amides is 1. The Morgan fingerprint density at radius 2 is 1.70 bits per heavy atom. The number of rotatable bonds is 6. The van der Waals surface area contributed by atoms with E-state index in [1.165, 1.54) is 11.3 Å². The molecule has 2 aromatic carbocycles. The molecule has 1 amide bonds. The number of carbonyl (C=O) groups is 2. The molecule has 0 radical (unpaired) electrons. The zero-order chi connectivity index (χ0) is 19.2. The summed E-state index contributed by atoms with van der Waals surface area (Å²) in [5.74, 6) is -0.868. The van der Waals surface area contributed by atoms with Crippen LogP contribution in [0.1, 0.15) is 27.9 Å². The third kappa shape index (κ3) is 4.80. The van der Waals surface area contributed by atoms with E-state index < -0.39 is 12.1 Å². The second kappa shape index (κ2) is 8.60. The Hall–Kier alpha value is -2.99. The van der Waals surface area contributed by atoms with Crippen LogP contribution in [0.2, 0.25) is 0 Å². The van der Waals surface area contributed by atoms with Crippen molar-refractivity contribution in [2.45, 2.75) is 26.5 Å². The molecule has 1 atom stereocenters. The van der Waals surface area contributed by atoms with Crippen molar-refractivity contribution in [1.29, 1.82) is 0 Å². The number of aromatic nitrogens is 1. The van der Waals surface area contributed by atoms with Crippen LogP contribution in [0.4, 0.5) is 0 Å². The fraction of sp³-hybridized carbons (Fsp3) is 0.190. The molecule has 138 valence electrons. The summed E-state index contributed by atoms with van der Waals surface area (Å²) in [6.07, 6.45) is -0.886. The van der Waals surface area contributed by atoms with Crippen LogP contribution in [0, 0.1) is 6.92 Å². The van der Waals surface area contributed by atoms with E-state index in [-0.39, 0.29) is 5.91 Å². The Kier molecular flexibility index (Phi) is 5.98. The molecule has 0 fully saturated rings. The van der Waals surface area contributed by atoms with Gasteiger partial charge in [0.05, 0.1) is 5.69 Å². The van der Waals surface area contributed by atoms with Gasteiger partial charge in [-0.1, -0.05) is 60.7 Å². The molecule has 0 spiro atoms. The number of thiazole rings is 1. The van der Waals surface area contributed by atoms with Crippen LogP contribution in [0.25, 0.3) is 10.6 Å².